The lowest BCUT2D eigenvalue weighted by Gasteiger charge is -2.22. The third-order valence-electron chi connectivity index (χ3n) is 3.53. The number of amides is 1. The van der Waals surface area contributed by atoms with Gasteiger partial charge in [0.05, 0.1) is 12.4 Å². The SMILES string of the molecule is CCN1CCCC1CNC(=O)c1cncc(NC)n1. The van der Waals surface area contributed by atoms with E-state index in [1.54, 1.807) is 13.2 Å². The number of rotatable bonds is 5. The Balaban J connectivity index is 1.90. The number of likely N-dealkylation sites (N-methyl/N-ethyl adjacent to an activating group) is 1. The Morgan fingerprint density at radius 2 is 2.37 bits per heavy atom. The number of anilines is 1. The van der Waals surface area contributed by atoms with Crippen molar-refractivity contribution in [2.45, 2.75) is 25.8 Å². The van der Waals surface area contributed by atoms with Crippen LogP contribution in [0.3, 0.4) is 0 Å². The molecule has 0 saturated carbocycles. The number of nitrogens with zero attached hydrogens (tertiary/aromatic N) is 3. The zero-order valence-corrected chi connectivity index (χ0v) is 11.5. The molecule has 1 aromatic rings. The van der Waals surface area contributed by atoms with Gasteiger partial charge in [-0.3, -0.25) is 14.7 Å². The van der Waals surface area contributed by atoms with Crippen LogP contribution in [0.25, 0.3) is 0 Å². The van der Waals surface area contributed by atoms with Gasteiger partial charge in [-0.2, -0.15) is 0 Å². The quantitative estimate of drug-likeness (QED) is 0.819. The summed E-state index contributed by atoms with van der Waals surface area (Å²) >= 11 is 0. The molecule has 1 aliphatic rings. The minimum absolute atomic E-state index is 0.160. The van der Waals surface area contributed by atoms with Crippen LogP contribution < -0.4 is 10.6 Å². The van der Waals surface area contributed by atoms with E-state index >= 15 is 0 Å². The van der Waals surface area contributed by atoms with Gasteiger partial charge >= 0.3 is 0 Å². The summed E-state index contributed by atoms with van der Waals surface area (Å²) in [5, 5.41) is 5.82. The van der Waals surface area contributed by atoms with Crippen LogP contribution >= 0.6 is 0 Å². The second kappa shape index (κ2) is 6.47. The Hall–Kier alpha value is -1.69. The van der Waals surface area contributed by atoms with E-state index in [2.05, 4.69) is 32.4 Å². The van der Waals surface area contributed by atoms with Gasteiger partial charge in [-0.05, 0) is 25.9 Å². The predicted octanol–water partition coefficient (Wildman–Crippen LogP) is 0.732. The van der Waals surface area contributed by atoms with E-state index in [0.717, 1.165) is 19.5 Å². The average molecular weight is 263 g/mol. The number of nitrogens with one attached hydrogen (secondary N) is 2. The van der Waals surface area contributed by atoms with E-state index in [9.17, 15) is 4.79 Å². The molecule has 2 rings (SSSR count). The van der Waals surface area contributed by atoms with Crippen LogP contribution in [0, 0.1) is 0 Å². The van der Waals surface area contributed by atoms with Crippen LogP contribution in [0.15, 0.2) is 12.4 Å². The van der Waals surface area contributed by atoms with Gasteiger partial charge in [-0.15, -0.1) is 0 Å². The topological polar surface area (TPSA) is 70.2 Å². The molecule has 1 amide bonds. The maximum absolute atomic E-state index is 12.0. The molecule has 1 atom stereocenters. The van der Waals surface area contributed by atoms with E-state index in [-0.39, 0.29) is 5.91 Å². The van der Waals surface area contributed by atoms with E-state index in [1.807, 2.05) is 0 Å². The molecule has 2 heterocycles. The van der Waals surface area contributed by atoms with Crippen LogP contribution in [-0.4, -0.2) is 53.5 Å². The third kappa shape index (κ3) is 3.41. The number of carbonyl (C=O) groups is 1. The van der Waals surface area contributed by atoms with Crippen molar-refractivity contribution in [1.82, 2.24) is 20.2 Å². The zero-order valence-electron chi connectivity index (χ0n) is 11.5. The maximum Gasteiger partial charge on any atom is 0.271 e. The minimum Gasteiger partial charge on any atom is -0.372 e. The first-order valence-corrected chi connectivity index (χ1v) is 6.76. The Labute approximate surface area is 113 Å². The van der Waals surface area contributed by atoms with Crippen molar-refractivity contribution in [1.29, 1.82) is 0 Å². The van der Waals surface area contributed by atoms with Crippen LogP contribution in [0.4, 0.5) is 5.82 Å². The summed E-state index contributed by atoms with van der Waals surface area (Å²) in [5.41, 5.74) is 0.355. The highest BCUT2D eigenvalue weighted by molar-refractivity contribution is 5.92. The molecule has 0 bridgehead atoms. The lowest BCUT2D eigenvalue weighted by atomic mass is 10.2. The van der Waals surface area contributed by atoms with Gasteiger partial charge in [0, 0.05) is 19.6 Å². The number of hydrogen-bond acceptors (Lipinski definition) is 5. The second-order valence-corrected chi connectivity index (χ2v) is 4.67. The molecule has 0 aliphatic carbocycles. The fourth-order valence-corrected chi connectivity index (χ4v) is 2.44. The summed E-state index contributed by atoms with van der Waals surface area (Å²) in [7, 11) is 1.75. The summed E-state index contributed by atoms with van der Waals surface area (Å²) in [5.74, 6) is 0.441. The molecule has 6 nitrogen and oxygen atoms in total. The first-order chi connectivity index (χ1) is 9.24. The first kappa shape index (κ1) is 13.7. The highest BCUT2D eigenvalue weighted by Gasteiger charge is 2.23. The molecule has 1 fully saturated rings. The Bertz CT molecular complexity index is 437. The molecule has 0 aromatic carbocycles. The van der Waals surface area contributed by atoms with Crippen LogP contribution in [-0.2, 0) is 0 Å². The summed E-state index contributed by atoms with van der Waals surface area (Å²) < 4.78 is 0. The molecule has 2 N–H and O–H groups in total. The van der Waals surface area contributed by atoms with Crippen molar-refractivity contribution in [2.24, 2.45) is 0 Å². The van der Waals surface area contributed by atoms with Gasteiger partial charge in [-0.25, -0.2) is 4.98 Å². The predicted molar refractivity (Wildman–Crippen MR) is 74.2 cm³/mol. The lowest BCUT2D eigenvalue weighted by Crippen LogP contribution is -2.40. The van der Waals surface area contributed by atoms with Crippen molar-refractivity contribution in [3.8, 4) is 0 Å². The van der Waals surface area contributed by atoms with Crippen LogP contribution in [0.1, 0.15) is 30.3 Å². The highest BCUT2D eigenvalue weighted by atomic mass is 16.1. The van der Waals surface area contributed by atoms with Gasteiger partial charge in [0.25, 0.3) is 5.91 Å². The van der Waals surface area contributed by atoms with Gasteiger partial charge in [0.15, 0.2) is 0 Å². The normalized spacial score (nSPS) is 19.4. The van der Waals surface area contributed by atoms with Crippen LogP contribution in [0.2, 0.25) is 0 Å². The lowest BCUT2D eigenvalue weighted by molar-refractivity contribution is 0.0936. The van der Waals surface area contributed by atoms with Crippen LogP contribution in [0.5, 0.6) is 0 Å². The zero-order chi connectivity index (χ0) is 13.7. The van der Waals surface area contributed by atoms with Crippen molar-refractivity contribution < 1.29 is 4.79 Å². The Morgan fingerprint density at radius 1 is 1.53 bits per heavy atom. The summed E-state index contributed by atoms with van der Waals surface area (Å²) in [6.07, 6.45) is 5.44. The summed E-state index contributed by atoms with van der Waals surface area (Å²) in [6, 6.07) is 0.453. The van der Waals surface area contributed by atoms with E-state index in [4.69, 9.17) is 0 Å². The largest absolute Gasteiger partial charge is 0.372 e. The molecule has 104 valence electrons. The number of hydrogen-bond donors (Lipinski definition) is 2. The average Bonchev–Trinajstić information content (AvgIpc) is 2.92. The van der Waals surface area contributed by atoms with Gasteiger partial charge < -0.3 is 10.6 Å². The number of carbonyl (C=O) groups excluding carboxylic acids is 1. The highest BCUT2D eigenvalue weighted by Crippen LogP contribution is 2.15. The molecule has 0 spiro atoms. The fourth-order valence-electron chi connectivity index (χ4n) is 2.44. The van der Waals surface area contributed by atoms with Crippen molar-refractivity contribution in [2.75, 3.05) is 32.0 Å². The molecule has 1 saturated heterocycles. The first-order valence-electron chi connectivity index (χ1n) is 6.76. The standard InChI is InChI=1S/C13H21N5O/c1-3-18-6-4-5-10(18)7-16-13(19)11-8-15-9-12(14-2)17-11/h8-10H,3-7H2,1-2H3,(H,14,17)(H,16,19). The molecule has 6 heteroatoms. The van der Waals surface area contributed by atoms with Crippen molar-refractivity contribution in [3.05, 3.63) is 18.1 Å². The van der Waals surface area contributed by atoms with E-state index < -0.39 is 0 Å². The monoisotopic (exact) mass is 263 g/mol. The van der Waals surface area contributed by atoms with Gasteiger partial charge in [-0.1, -0.05) is 6.92 Å². The third-order valence-corrected chi connectivity index (χ3v) is 3.53. The molecule has 1 unspecified atom stereocenters. The Morgan fingerprint density at radius 3 is 3.11 bits per heavy atom. The smallest absolute Gasteiger partial charge is 0.271 e. The van der Waals surface area contributed by atoms with E-state index in [1.165, 1.54) is 12.6 Å². The molecule has 0 radical (unpaired) electrons. The van der Waals surface area contributed by atoms with Gasteiger partial charge in [0.2, 0.25) is 0 Å². The molecule has 19 heavy (non-hydrogen) atoms. The number of aromatic nitrogens is 2. The second-order valence-electron chi connectivity index (χ2n) is 4.67. The molecular weight excluding hydrogens is 242 g/mol. The fraction of sp³-hybridized carbons (Fsp3) is 0.615. The van der Waals surface area contributed by atoms with E-state index in [0.29, 0.717) is 24.1 Å². The Kier molecular flexibility index (Phi) is 4.68. The summed E-state index contributed by atoms with van der Waals surface area (Å²) in [6.45, 7) is 5.00. The van der Waals surface area contributed by atoms with Gasteiger partial charge in [0.1, 0.15) is 11.5 Å². The molecule has 1 aromatic heterocycles. The molecule has 1 aliphatic heterocycles. The molecular formula is C13H21N5O. The van der Waals surface area contributed by atoms with Crippen molar-refractivity contribution >= 4 is 11.7 Å². The van der Waals surface area contributed by atoms with Crippen molar-refractivity contribution in [3.63, 3.8) is 0 Å². The number of likely N-dealkylation sites (tertiary alicyclic amines) is 1. The minimum atomic E-state index is -0.160. The maximum atomic E-state index is 12.0. The summed E-state index contributed by atoms with van der Waals surface area (Å²) in [4.78, 5) is 22.6.